The molecule has 0 saturated carbocycles. The molecule has 0 radical (unpaired) electrons. The van der Waals surface area contributed by atoms with Gasteiger partial charge in [0.15, 0.2) is 0 Å². The van der Waals surface area contributed by atoms with Crippen LogP contribution in [0, 0.1) is 5.92 Å². The van der Waals surface area contributed by atoms with Gasteiger partial charge in [-0.3, -0.25) is 9.59 Å². The predicted molar refractivity (Wildman–Crippen MR) is 111 cm³/mol. The van der Waals surface area contributed by atoms with Crippen LogP contribution in [-0.2, 0) is 16.1 Å². The highest BCUT2D eigenvalue weighted by atomic mass is 35.5. The predicted octanol–water partition coefficient (Wildman–Crippen LogP) is 2.50. The van der Waals surface area contributed by atoms with Gasteiger partial charge >= 0.3 is 0 Å². The molecule has 0 spiro atoms. The Bertz CT molecular complexity index is 747. The zero-order valence-corrected chi connectivity index (χ0v) is 17.6. The Balaban J connectivity index is 1.90. The quantitative estimate of drug-likeness (QED) is 0.607. The van der Waals surface area contributed by atoms with Crippen molar-refractivity contribution in [2.45, 2.75) is 44.9 Å². The van der Waals surface area contributed by atoms with Crippen molar-refractivity contribution in [1.82, 2.24) is 10.2 Å². The lowest BCUT2D eigenvalue weighted by atomic mass is 9.96. The van der Waals surface area contributed by atoms with E-state index in [4.69, 9.17) is 28.9 Å². The van der Waals surface area contributed by atoms with Crippen molar-refractivity contribution in [2.24, 2.45) is 11.7 Å². The standard InChI is InChI=1S/C20H27Cl2N3O3/c1-20(2,28)17(23)7-8-18(26)25-9-3-4-14(12-25)19(27)24-11-13-5-6-15(21)10-16(13)22/h5-8,10,14,17,28H,3-4,9,11-12,23H2,1-2H3,(H,24,27)/b8-7+/t14-,17?/m1/s1. The minimum Gasteiger partial charge on any atom is -0.389 e. The highest BCUT2D eigenvalue weighted by Crippen LogP contribution is 2.22. The molecule has 1 aliphatic heterocycles. The molecule has 1 saturated heterocycles. The molecule has 1 aliphatic rings. The number of halogens is 2. The molecular formula is C20H27Cl2N3O3. The van der Waals surface area contributed by atoms with Crippen molar-refractivity contribution >= 4 is 35.0 Å². The van der Waals surface area contributed by atoms with E-state index in [2.05, 4.69) is 5.32 Å². The Morgan fingerprint density at radius 3 is 2.79 bits per heavy atom. The fraction of sp³-hybridized carbons (Fsp3) is 0.500. The number of nitrogens with two attached hydrogens (primary N) is 1. The molecule has 2 amide bonds. The van der Waals surface area contributed by atoms with Gasteiger partial charge in [0, 0.05) is 35.8 Å². The number of piperidine rings is 1. The summed E-state index contributed by atoms with van der Waals surface area (Å²) in [5.74, 6) is -0.598. The molecule has 6 nitrogen and oxygen atoms in total. The van der Waals surface area contributed by atoms with E-state index in [0.717, 1.165) is 18.4 Å². The molecule has 154 valence electrons. The van der Waals surface area contributed by atoms with Gasteiger partial charge in [-0.25, -0.2) is 0 Å². The van der Waals surface area contributed by atoms with Gasteiger partial charge in [0.2, 0.25) is 11.8 Å². The first-order valence-electron chi connectivity index (χ1n) is 9.24. The van der Waals surface area contributed by atoms with Gasteiger partial charge in [0.05, 0.1) is 17.6 Å². The van der Waals surface area contributed by atoms with Crippen LogP contribution in [0.1, 0.15) is 32.3 Å². The molecule has 1 aromatic carbocycles. The van der Waals surface area contributed by atoms with E-state index in [1.165, 1.54) is 12.2 Å². The molecule has 0 aromatic heterocycles. The van der Waals surface area contributed by atoms with Crippen LogP contribution in [0.15, 0.2) is 30.4 Å². The number of carbonyl (C=O) groups is 2. The third-order valence-electron chi connectivity index (χ3n) is 4.83. The molecule has 28 heavy (non-hydrogen) atoms. The second-order valence-electron chi connectivity index (χ2n) is 7.62. The van der Waals surface area contributed by atoms with Crippen LogP contribution in [0.5, 0.6) is 0 Å². The third-order valence-corrected chi connectivity index (χ3v) is 5.42. The Labute approximate surface area is 175 Å². The number of hydrogen-bond acceptors (Lipinski definition) is 4. The van der Waals surface area contributed by atoms with Gasteiger partial charge in [-0.1, -0.05) is 35.3 Å². The third kappa shape index (κ3) is 6.48. The molecule has 4 N–H and O–H groups in total. The van der Waals surface area contributed by atoms with Crippen molar-refractivity contribution in [3.8, 4) is 0 Å². The van der Waals surface area contributed by atoms with Crippen LogP contribution in [0.4, 0.5) is 0 Å². The van der Waals surface area contributed by atoms with Crippen LogP contribution in [0.2, 0.25) is 10.0 Å². The topological polar surface area (TPSA) is 95.7 Å². The summed E-state index contributed by atoms with van der Waals surface area (Å²) in [5.41, 5.74) is 5.51. The maximum absolute atomic E-state index is 12.5. The van der Waals surface area contributed by atoms with E-state index in [-0.39, 0.29) is 17.7 Å². The molecule has 2 atom stereocenters. The molecule has 0 aliphatic carbocycles. The average molecular weight is 428 g/mol. The molecular weight excluding hydrogens is 401 g/mol. The average Bonchev–Trinajstić information content (AvgIpc) is 2.64. The van der Waals surface area contributed by atoms with E-state index < -0.39 is 11.6 Å². The van der Waals surface area contributed by atoms with Crippen LogP contribution in [0.25, 0.3) is 0 Å². The number of nitrogens with one attached hydrogen (secondary N) is 1. The normalized spacial score (nSPS) is 18.9. The van der Waals surface area contributed by atoms with Gasteiger partial charge in [-0.05, 0) is 44.4 Å². The number of nitrogens with zero attached hydrogens (tertiary/aromatic N) is 1. The van der Waals surface area contributed by atoms with Gasteiger partial charge in [-0.15, -0.1) is 0 Å². The van der Waals surface area contributed by atoms with Crippen LogP contribution in [-0.4, -0.2) is 46.6 Å². The van der Waals surface area contributed by atoms with E-state index in [1.807, 2.05) is 0 Å². The molecule has 2 rings (SSSR count). The molecule has 1 unspecified atom stereocenters. The van der Waals surface area contributed by atoms with Crippen LogP contribution >= 0.6 is 23.2 Å². The second kappa shape index (κ2) is 9.74. The van der Waals surface area contributed by atoms with E-state index in [9.17, 15) is 14.7 Å². The molecule has 1 heterocycles. The van der Waals surface area contributed by atoms with Crippen LogP contribution in [0.3, 0.4) is 0 Å². The summed E-state index contributed by atoms with van der Waals surface area (Å²) in [6.07, 6.45) is 4.33. The zero-order chi connectivity index (χ0) is 20.9. The Morgan fingerprint density at radius 1 is 1.43 bits per heavy atom. The summed E-state index contributed by atoms with van der Waals surface area (Å²) in [7, 11) is 0. The van der Waals surface area contributed by atoms with Crippen molar-refractivity contribution in [1.29, 1.82) is 0 Å². The zero-order valence-electron chi connectivity index (χ0n) is 16.1. The number of hydrogen-bond donors (Lipinski definition) is 3. The molecule has 1 fully saturated rings. The number of amides is 2. The first kappa shape index (κ1) is 22.7. The van der Waals surface area contributed by atoms with Crippen molar-refractivity contribution in [3.05, 3.63) is 46.0 Å². The second-order valence-corrected chi connectivity index (χ2v) is 8.46. The molecule has 0 bridgehead atoms. The lowest BCUT2D eigenvalue weighted by molar-refractivity contribution is -0.132. The fourth-order valence-corrected chi connectivity index (χ4v) is 3.39. The lowest BCUT2D eigenvalue weighted by Crippen LogP contribution is -2.45. The van der Waals surface area contributed by atoms with Gasteiger partial charge in [-0.2, -0.15) is 0 Å². The SMILES string of the molecule is CC(C)(O)C(N)/C=C/C(=O)N1CCC[C@@H](C(=O)NCc2ccc(Cl)cc2Cl)C1. The fourth-order valence-electron chi connectivity index (χ4n) is 2.91. The van der Waals surface area contributed by atoms with E-state index in [1.54, 1.807) is 36.9 Å². The lowest BCUT2D eigenvalue weighted by Gasteiger charge is -2.31. The Morgan fingerprint density at radius 2 is 2.14 bits per heavy atom. The maximum Gasteiger partial charge on any atom is 0.246 e. The van der Waals surface area contributed by atoms with E-state index in [0.29, 0.717) is 29.7 Å². The minimum absolute atomic E-state index is 0.110. The molecule has 8 heteroatoms. The van der Waals surface area contributed by atoms with Gasteiger partial charge < -0.3 is 21.1 Å². The summed E-state index contributed by atoms with van der Waals surface area (Å²) < 4.78 is 0. The summed E-state index contributed by atoms with van der Waals surface area (Å²) in [4.78, 5) is 26.6. The van der Waals surface area contributed by atoms with Crippen LogP contribution < -0.4 is 11.1 Å². The van der Waals surface area contributed by atoms with Gasteiger partial charge in [0.25, 0.3) is 0 Å². The number of benzene rings is 1. The van der Waals surface area contributed by atoms with Crippen molar-refractivity contribution < 1.29 is 14.7 Å². The number of carbonyl (C=O) groups excluding carboxylic acids is 2. The summed E-state index contributed by atoms with van der Waals surface area (Å²) >= 11 is 12.0. The summed E-state index contributed by atoms with van der Waals surface area (Å²) in [6, 6.07) is 4.49. The Hall–Kier alpha value is -1.60. The van der Waals surface area contributed by atoms with Gasteiger partial charge in [0.1, 0.15) is 0 Å². The largest absolute Gasteiger partial charge is 0.389 e. The summed E-state index contributed by atoms with van der Waals surface area (Å²) in [6.45, 7) is 4.41. The molecule has 1 aromatic rings. The highest BCUT2D eigenvalue weighted by molar-refractivity contribution is 6.35. The maximum atomic E-state index is 12.5. The van der Waals surface area contributed by atoms with Crippen molar-refractivity contribution in [3.63, 3.8) is 0 Å². The van der Waals surface area contributed by atoms with E-state index >= 15 is 0 Å². The summed E-state index contributed by atoms with van der Waals surface area (Å²) in [5, 5.41) is 13.8. The minimum atomic E-state index is -1.11. The van der Waals surface area contributed by atoms with Crippen molar-refractivity contribution in [2.75, 3.05) is 13.1 Å². The Kier molecular flexibility index (Phi) is 7.89. The number of rotatable bonds is 6. The number of likely N-dealkylation sites (tertiary alicyclic amines) is 1. The first-order chi connectivity index (χ1) is 13.1. The number of aliphatic hydroxyl groups is 1. The monoisotopic (exact) mass is 427 g/mol. The smallest absolute Gasteiger partial charge is 0.246 e. The first-order valence-corrected chi connectivity index (χ1v) is 10.00. The highest BCUT2D eigenvalue weighted by Gasteiger charge is 2.28.